The molecule has 7 heteroatoms. The molecule has 2 rings (SSSR count). The molecule has 1 aromatic rings. The average Bonchev–Trinajstić information content (AvgIpc) is 2.46. The van der Waals surface area contributed by atoms with E-state index in [0.717, 1.165) is 24.0 Å². The molecule has 0 aliphatic carbocycles. The molecule has 126 valence electrons. The summed E-state index contributed by atoms with van der Waals surface area (Å²) in [5.41, 5.74) is 2.73. The molecular formula is C16H22ClN3O3. The van der Waals surface area contributed by atoms with Gasteiger partial charge in [0.05, 0.1) is 17.3 Å². The van der Waals surface area contributed by atoms with Crippen molar-refractivity contribution in [2.75, 3.05) is 25.0 Å². The number of aliphatic carboxylic acids is 1. The summed E-state index contributed by atoms with van der Waals surface area (Å²) in [5, 5.41) is 15.0. The first-order valence-electron chi connectivity index (χ1n) is 7.63. The SMILES string of the molecule is Cc1cc(Cl)c(NC(=O)NC2CCN(CC(=O)O)CC2)cc1C. The maximum absolute atomic E-state index is 12.1. The zero-order valence-corrected chi connectivity index (χ0v) is 14.1. The van der Waals surface area contributed by atoms with Crippen LogP contribution in [0, 0.1) is 13.8 Å². The van der Waals surface area contributed by atoms with Gasteiger partial charge in [0.15, 0.2) is 0 Å². The van der Waals surface area contributed by atoms with Crippen LogP contribution < -0.4 is 10.6 Å². The van der Waals surface area contributed by atoms with Gasteiger partial charge in [-0.25, -0.2) is 4.79 Å². The fourth-order valence-electron chi connectivity index (χ4n) is 2.65. The lowest BCUT2D eigenvalue weighted by molar-refractivity contribution is -0.138. The van der Waals surface area contributed by atoms with E-state index in [1.165, 1.54) is 0 Å². The van der Waals surface area contributed by atoms with Crippen LogP contribution >= 0.6 is 11.6 Å². The first-order valence-corrected chi connectivity index (χ1v) is 8.01. The number of hydrogen-bond acceptors (Lipinski definition) is 3. The van der Waals surface area contributed by atoms with E-state index in [1.807, 2.05) is 30.9 Å². The van der Waals surface area contributed by atoms with Gasteiger partial charge in [0, 0.05) is 19.1 Å². The summed E-state index contributed by atoms with van der Waals surface area (Å²) in [5.74, 6) is -0.821. The van der Waals surface area contributed by atoms with E-state index in [-0.39, 0.29) is 18.6 Å². The fraction of sp³-hybridized carbons (Fsp3) is 0.500. The van der Waals surface area contributed by atoms with Gasteiger partial charge in [-0.05, 0) is 49.9 Å². The molecule has 0 radical (unpaired) electrons. The van der Waals surface area contributed by atoms with Crippen LogP contribution in [-0.2, 0) is 4.79 Å². The molecule has 0 bridgehead atoms. The fourth-order valence-corrected chi connectivity index (χ4v) is 2.91. The number of rotatable bonds is 4. The lowest BCUT2D eigenvalue weighted by Gasteiger charge is -2.31. The monoisotopic (exact) mass is 339 g/mol. The second-order valence-corrected chi connectivity index (χ2v) is 6.37. The molecule has 1 aromatic carbocycles. The number of halogens is 1. The van der Waals surface area contributed by atoms with E-state index in [0.29, 0.717) is 23.8 Å². The molecule has 1 saturated heterocycles. The predicted molar refractivity (Wildman–Crippen MR) is 90.2 cm³/mol. The summed E-state index contributed by atoms with van der Waals surface area (Å²) in [4.78, 5) is 24.7. The van der Waals surface area contributed by atoms with E-state index >= 15 is 0 Å². The van der Waals surface area contributed by atoms with Crippen molar-refractivity contribution in [3.8, 4) is 0 Å². The van der Waals surface area contributed by atoms with E-state index in [2.05, 4.69) is 10.6 Å². The van der Waals surface area contributed by atoms with Crippen molar-refractivity contribution in [3.05, 3.63) is 28.3 Å². The lowest BCUT2D eigenvalue weighted by Crippen LogP contribution is -2.47. The molecule has 0 saturated carbocycles. The molecule has 23 heavy (non-hydrogen) atoms. The van der Waals surface area contributed by atoms with Gasteiger partial charge in [-0.3, -0.25) is 9.69 Å². The molecule has 0 aromatic heterocycles. The Morgan fingerprint density at radius 3 is 2.48 bits per heavy atom. The van der Waals surface area contributed by atoms with Crippen molar-refractivity contribution < 1.29 is 14.7 Å². The molecule has 1 aliphatic heterocycles. The Balaban J connectivity index is 1.84. The van der Waals surface area contributed by atoms with E-state index < -0.39 is 5.97 Å². The number of benzene rings is 1. The number of amides is 2. The molecule has 0 atom stereocenters. The highest BCUT2D eigenvalue weighted by atomic mass is 35.5. The molecule has 1 heterocycles. The Morgan fingerprint density at radius 1 is 1.26 bits per heavy atom. The number of carboxylic acid groups (broad SMARTS) is 1. The summed E-state index contributed by atoms with van der Waals surface area (Å²) in [6.45, 7) is 5.32. The standard InChI is InChI=1S/C16H22ClN3O3/c1-10-7-13(17)14(8-11(10)2)19-16(23)18-12-3-5-20(6-4-12)9-15(21)22/h7-8,12H,3-6,9H2,1-2H3,(H,21,22)(H2,18,19,23). The van der Waals surface area contributed by atoms with Gasteiger partial charge in [-0.1, -0.05) is 11.6 Å². The summed E-state index contributed by atoms with van der Waals surface area (Å²) in [6, 6.07) is 3.45. The minimum absolute atomic E-state index is 0.0466. The molecule has 0 unspecified atom stereocenters. The van der Waals surface area contributed by atoms with Crippen molar-refractivity contribution in [1.29, 1.82) is 0 Å². The number of carboxylic acids is 1. The minimum atomic E-state index is -0.821. The predicted octanol–water partition coefficient (Wildman–Crippen LogP) is 2.63. The Bertz CT molecular complexity index is 598. The van der Waals surface area contributed by atoms with E-state index in [1.54, 1.807) is 0 Å². The zero-order valence-electron chi connectivity index (χ0n) is 13.4. The highest BCUT2D eigenvalue weighted by molar-refractivity contribution is 6.33. The van der Waals surface area contributed by atoms with Crippen LogP contribution in [0.5, 0.6) is 0 Å². The van der Waals surface area contributed by atoms with Crippen molar-refractivity contribution >= 4 is 29.3 Å². The van der Waals surface area contributed by atoms with Gasteiger partial charge < -0.3 is 15.7 Å². The second kappa shape index (κ2) is 7.66. The summed E-state index contributed by atoms with van der Waals surface area (Å²) >= 11 is 6.15. The van der Waals surface area contributed by atoms with Crippen LogP contribution in [0.15, 0.2) is 12.1 Å². The molecule has 0 spiro atoms. The largest absolute Gasteiger partial charge is 0.480 e. The summed E-state index contributed by atoms with van der Waals surface area (Å²) < 4.78 is 0. The number of likely N-dealkylation sites (tertiary alicyclic amines) is 1. The highest BCUT2D eigenvalue weighted by Crippen LogP contribution is 2.25. The smallest absolute Gasteiger partial charge is 0.319 e. The van der Waals surface area contributed by atoms with Gasteiger partial charge in [-0.15, -0.1) is 0 Å². The van der Waals surface area contributed by atoms with Crippen molar-refractivity contribution in [2.45, 2.75) is 32.7 Å². The third-order valence-electron chi connectivity index (χ3n) is 4.11. The molecule has 6 nitrogen and oxygen atoms in total. The number of carbonyl (C=O) groups is 2. The molecule has 1 fully saturated rings. The Labute approximate surface area is 140 Å². The van der Waals surface area contributed by atoms with Crippen LogP contribution in [-0.4, -0.2) is 47.7 Å². The second-order valence-electron chi connectivity index (χ2n) is 5.96. The third kappa shape index (κ3) is 5.11. The number of piperidine rings is 1. The lowest BCUT2D eigenvalue weighted by atomic mass is 10.1. The first kappa shape index (κ1) is 17.6. The van der Waals surface area contributed by atoms with Crippen LogP contribution in [0.1, 0.15) is 24.0 Å². The van der Waals surface area contributed by atoms with Gasteiger partial charge in [-0.2, -0.15) is 0 Å². The Hall–Kier alpha value is -1.79. The number of urea groups is 1. The number of aryl methyl sites for hydroxylation is 2. The molecule has 2 amide bonds. The van der Waals surface area contributed by atoms with Gasteiger partial charge in [0.25, 0.3) is 0 Å². The normalized spacial score (nSPS) is 16.1. The first-order chi connectivity index (χ1) is 10.8. The van der Waals surface area contributed by atoms with Crippen LogP contribution in [0.4, 0.5) is 10.5 Å². The average molecular weight is 340 g/mol. The van der Waals surface area contributed by atoms with E-state index in [4.69, 9.17) is 16.7 Å². The highest BCUT2D eigenvalue weighted by Gasteiger charge is 2.22. The summed E-state index contributed by atoms with van der Waals surface area (Å²) in [6.07, 6.45) is 1.47. The van der Waals surface area contributed by atoms with Crippen molar-refractivity contribution in [3.63, 3.8) is 0 Å². The number of anilines is 1. The van der Waals surface area contributed by atoms with Crippen molar-refractivity contribution in [1.82, 2.24) is 10.2 Å². The number of hydrogen-bond donors (Lipinski definition) is 3. The zero-order chi connectivity index (χ0) is 17.0. The number of nitrogens with zero attached hydrogens (tertiary/aromatic N) is 1. The van der Waals surface area contributed by atoms with Gasteiger partial charge >= 0.3 is 12.0 Å². The maximum atomic E-state index is 12.1. The van der Waals surface area contributed by atoms with Crippen LogP contribution in [0.25, 0.3) is 0 Å². The molecule has 3 N–H and O–H groups in total. The minimum Gasteiger partial charge on any atom is -0.480 e. The third-order valence-corrected chi connectivity index (χ3v) is 4.43. The maximum Gasteiger partial charge on any atom is 0.319 e. The quantitative estimate of drug-likeness (QED) is 0.787. The van der Waals surface area contributed by atoms with E-state index in [9.17, 15) is 9.59 Å². The number of carbonyl (C=O) groups excluding carboxylic acids is 1. The Morgan fingerprint density at radius 2 is 1.87 bits per heavy atom. The van der Waals surface area contributed by atoms with Crippen LogP contribution in [0.2, 0.25) is 5.02 Å². The van der Waals surface area contributed by atoms with Gasteiger partial charge in [0.1, 0.15) is 0 Å². The van der Waals surface area contributed by atoms with Crippen LogP contribution in [0.3, 0.4) is 0 Å². The van der Waals surface area contributed by atoms with Gasteiger partial charge in [0.2, 0.25) is 0 Å². The molecular weight excluding hydrogens is 318 g/mol. The van der Waals surface area contributed by atoms with Crippen molar-refractivity contribution in [2.24, 2.45) is 0 Å². The number of nitrogens with one attached hydrogen (secondary N) is 2. The summed E-state index contributed by atoms with van der Waals surface area (Å²) in [7, 11) is 0. The topological polar surface area (TPSA) is 81.7 Å². The Kier molecular flexibility index (Phi) is 5.85. The molecule has 1 aliphatic rings.